The van der Waals surface area contributed by atoms with Crippen LogP contribution in [0.1, 0.15) is 9.80 Å². The summed E-state index contributed by atoms with van der Waals surface area (Å²) in [6.07, 6.45) is 1.59. The minimum atomic E-state index is -0.238. The summed E-state index contributed by atoms with van der Waals surface area (Å²) in [6, 6.07) is 7.08. The normalized spacial score (nSPS) is 9.93. The Balaban J connectivity index is 2.17. The molecule has 0 aliphatic carbocycles. The minimum Gasteiger partial charge on any atom is -0.319 e. The number of rotatable bonds is 2. The predicted molar refractivity (Wildman–Crippen MR) is 61.5 cm³/mol. The van der Waals surface area contributed by atoms with Gasteiger partial charge in [-0.25, -0.2) is 4.98 Å². The molecule has 0 bridgehead atoms. The Morgan fingerprint density at radius 1 is 1.40 bits per heavy atom. The smallest absolute Gasteiger partial charge is 0.284 e. The summed E-state index contributed by atoms with van der Waals surface area (Å²) < 4.78 is 0. The maximum atomic E-state index is 11.6. The van der Waals surface area contributed by atoms with Crippen molar-refractivity contribution in [3.8, 4) is 0 Å². The summed E-state index contributed by atoms with van der Waals surface area (Å²) in [5.74, 6) is -0.238. The maximum Gasteiger partial charge on any atom is 0.284 e. The van der Waals surface area contributed by atoms with E-state index >= 15 is 0 Å². The molecule has 2 rings (SSSR count). The number of amides is 1. The van der Waals surface area contributed by atoms with Crippen LogP contribution in [0.3, 0.4) is 0 Å². The molecule has 0 radical (unpaired) electrons. The maximum absolute atomic E-state index is 11.6. The number of halogens is 1. The second-order valence-corrected chi connectivity index (χ2v) is 4.07. The van der Waals surface area contributed by atoms with E-state index < -0.39 is 0 Å². The number of nitrogens with zero attached hydrogens (tertiary/aromatic N) is 1. The van der Waals surface area contributed by atoms with Crippen molar-refractivity contribution in [3.63, 3.8) is 0 Å². The Morgan fingerprint density at radius 3 is 2.87 bits per heavy atom. The molecule has 1 N–H and O–H groups in total. The van der Waals surface area contributed by atoms with E-state index in [1.54, 1.807) is 29.8 Å². The molecule has 15 heavy (non-hydrogen) atoms. The first-order chi connectivity index (χ1) is 7.27. The first-order valence-corrected chi connectivity index (χ1v) is 5.48. The first-order valence-electron chi connectivity index (χ1n) is 4.23. The van der Waals surface area contributed by atoms with Crippen molar-refractivity contribution in [3.05, 3.63) is 45.9 Å². The number of aromatic nitrogens is 1. The van der Waals surface area contributed by atoms with Crippen LogP contribution in [-0.2, 0) is 0 Å². The average molecular weight is 239 g/mol. The predicted octanol–water partition coefficient (Wildman–Crippen LogP) is 3.05. The Hall–Kier alpha value is -1.39. The number of hydrogen-bond acceptors (Lipinski definition) is 3. The zero-order chi connectivity index (χ0) is 10.7. The lowest BCUT2D eigenvalue weighted by molar-refractivity contribution is 0.102. The van der Waals surface area contributed by atoms with Gasteiger partial charge in [-0.15, -0.1) is 11.3 Å². The monoisotopic (exact) mass is 238 g/mol. The van der Waals surface area contributed by atoms with Crippen molar-refractivity contribution < 1.29 is 4.79 Å². The Labute approximate surface area is 95.7 Å². The van der Waals surface area contributed by atoms with E-state index in [4.69, 9.17) is 11.6 Å². The molecule has 3 nitrogen and oxygen atoms in total. The fourth-order valence-corrected chi connectivity index (χ4v) is 1.79. The van der Waals surface area contributed by atoms with Crippen molar-refractivity contribution >= 4 is 34.5 Å². The van der Waals surface area contributed by atoms with Gasteiger partial charge >= 0.3 is 0 Å². The van der Waals surface area contributed by atoms with E-state index in [1.165, 1.54) is 11.3 Å². The summed E-state index contributed by atoms with van der Waals surface area (Å²) in [4.78, 5) is 15.5. The zero-order valence-corrected chi connectivity index (χ0v) is 9.18. The van der Waals surface area contributed by atoms with E-state index in [-0.39, 0.29) is 5.91 Å². The summed E-state index contributed by atoms with van der Waals surface area (Å²) in [6.45, 7) is 0. The third kappa shape index (κ3) is 2.34. The lowest BCUT2D eigenvalue weighted by Crippen LogP contribution is -2.11. The molecule has 1 aromatic heterocycles. The van der Waals surface area contributed by atoms with Gasteiger partial charge in [-0.3, -0.25) is 4.79 Å². The molecule has 2 aromatic rings. The highest BCUT2D eigenvalue weighted by Gasteiger charge is 2.09. The summed E-state index contributed by atoms with van der Waals surface area (Å²) in [5.41, 5.74) is 0.597. The van der Waals surface area contributed by atoms with Crippen LogP contribution < -0.4 is 5.32 Å². The summed E-state index contributed by atoms with van der Waals surface area (Å²) in [7, 11) is 0. The van der Waals surface area contributed by atoms with Gasteiger partial charge in [0.2, 0.25) is 0 Å². The molecular weight excluding hydrogens is 232 g/mol. The van der Waals surface area contributed by atoms with Gasteiger partial charge in [0.05, 0.1) is 10.7 Å². The number of thiazole rings is 1. The second kappa shape index (κ2) is 4.42. The number of hydrogen-bond donors (Lipinski definition) is 1. The van der Waals surface area contributed by atoms with Crippen LogP contribution in [0.15, 0.2) is 35.8 Å². The van der Waals surface area contributed by atoms with E-state index in [0.29, 0.717) is 15.7 Å². The standard InChI is InChI=1S/C10H7ClN2OS/c11-7-3-1-2-4-8(7)13-9(14)10-12-5-6-15-10/h1-6H,(H,13,14). The van der Waals surface area contributed by atoms with Gasteiger partial charge < -0.3 is 5.32 Å². The third-order valence-corrected chi connectivity index (χ3v) is 2.85. The largest absolute Gasteiger partial charge is 0.319 e. The number of carbonyl (C=O) groups excluding carboxylic acids is 1. The van der Waals surface area contributed by atoms with Crippen LogP contribution in [-0.4, -0.2) is 10.9 Å². The van der Waals surface area contributed by atoms with Crippen LogP contribution >= 0.6 is 22.9 Å². The number of para-hydroxylation sites is 1. The van der Waals surface area contributed by atoms with E-state index in [2.05, 4.69) is 10.3 Å². The fourth-order valence-electron chi connectivity index (χ4n) is 1.07. The topological polar surface area (TPSA) is 42.0 Å². The van der Waals surface area contributed by atoms with Gasteiger partial charge in [-0.2, -0.15) is 0 Å². The number of nitrogens with one attached hydrogen (secondary N) is 1. The molecule has 0 aliphatic heterocycles. The Morgan fingerprint density at radius 2 is 2.20 bits per heavy atom. The highest BCUT2D eigenvalue weighted by molar-refractivity contribution is 7.11. The molecule has 0 unspecified atom stereocenters. The van der Waals surface area contributed by atoms with Gasteiger partial charge in [0.1, 0.15) is 0 Å². The molecule has 0 atom stereocenters. The molecular formula is C10H7ClN2OS. The van der Waals surface area contributed by atoms with Gasteiger partial charge in [0, 0.05) is 11.6 Å². The summed E-state index contributed by atoms with van der Waals surface area (Å²) >= 11 is 7.19. The van der Waals surface area contributed by atoms with Gasteiger partial charge in [-0.05, 0) is 12.1 Å². The number of benzene rings is 1. The van der Waals surface area contributed by atoms with Crippen molar-refractivity contribution in [2.75, 3.05) is 5.32 Å². The first kappa shape index (κ1) is 10.1. The molecule has 0 saturated heterocycles. The molecule has 0 spiro atoms. The second-order valence-electron chi connectivity index (χ2n) is 2.77. The summed E-state index contributed by atoms with van der Waals surface area (Å²) in [5, 5.41) is 5.38. The molecule has 1 aromatic carbocycles. The van der Waals surface area contributed by atoms with Crippen LogP contribution in [0.4, 0.5) is 5.69 Å². The fraction of sp³-hybridized carbons (Fsp3) is 0. The molecule has 0 aliphatic rings. The molecule has 76 valence electrons. The van der Waals surface area contributed by atoms with Crippen LogP contribution in [0.5, 0.6) is 0 Å². The van der Waals surface area contributed by atoms with E-state index in [1.807, 2.05) is 6.07 Å². The van der Waals surface area contributed by atoms with Crippen molar-refractivity contribution in [1.29, 1.82) is 0 Å². The quantitative estimate of drug-likeness (QED) is 0.874. The Bertz CT molecular complexity index is 470. The van der Waals surface area contributed by atoms with Gasteiger partial charge in [0.25, 0.3) is 5.91 Å². The van der Waals surface area contributed by atoms with Crippen molar-refractivity contribution in [1.82, 2.24) is 4.98 Å². The van der Waals surface area contributed by atoms with Crippen LogP contribution in [0, 0.1) is 0 Å². The van der Waals surface area contributed by atoms with Crippen LogP contribution in [0.2, 0.25) is 5.02 Å². The van der Waals surface area contributed by atoms with Gasteiger partial charge in [-0.1, -0.05) is 23.7 Å². The zero-order valence-electron chi connectivity index (χ0n) is 7.61. The van der Waals surface area contributed by atoms with E-state index in [0.717, 1.165) is 0 Å². The highest BCUT2D eigenvalue weighted by Crippen LogP contribution is 2.21. The van der Waals surface area contributed by atoms with Crippen molar-refractivity contribution in [2.24, 2.45) is 0 Å². The number of carbonyl (C=O) groups is 1. The SMILES string of the molecule is O=C(Nc1ccccc1Cl)c1nccs1. The van der Waals surface area contributed by atoms with Gasteiger partial charge in [0.15, 0.2) is 5.01 Å². The third-order valence-electron chi connectivity index (χ3n) is 1.75. The minimum absolute atomic E-state index is 0.238. The molecule has 0 fully saturated rings. The van der Waals surface area contributed by atoms with E-state index in [9.17, 15) is 4.79 Å². The highest BCUT2D eigenvalue weighted by atomic mass is 35.5. The number of anilines is 1. The lowest BCUT2D eigenvalue weighted by Gasteiger charge is -2.04. The molecule has 5 heteroatoms. The lowest BCUT2D eigenvalue weighted by atomic mass is 10.3. The molecule has 1 amide bonds. The molecule has 1 heterocycles. The van der Waals surface area contributed by atoms with Crippen molar-refractivity contribution in [2.45, 2.75) is 0 Å². The van der Waals surface area contributed by atoms with Crippen LogP contribution in [0.25, 0.3) is 0 Å². The average Bonchev–Trinajstić information content (AvgIpc) is 2.74. The Kier molecular flexibility index (Phi) is 2.99. The molecule has 0 saturated carbocycles.